The van der Waals surface area contributed by atoms with E-state index in [1.165, 1.54) is 11.3 Å². The fourth-order valence-electron chi connectivity index (χ4n) is 2.73. The normalized spacial score (nSPS) is 22.2. The van der Waals surface area contributed by atoms with Gasteiger partial charge < -0.3 is 15.5 Å². The van der Waals surface area contributed by atoms with Crippen LogP contribution in [0.5, 0.6) is 0 Å². The van der Waals surface area contributed by atoms with Gasteiger partial charge in [0.1, 0.15) is 0 Å². The molecule has 18 heavy (non-hydrogen) atoms. The van der Waals surface area contributed by atoms with Gasteiger partial charge in [-0.3, -0.25) is 0 Å². The Kier molecular flexibility index (Phi) is 3.09. The number of anilines is 1. The Hall–Kier alpha value is -1.71. The zero-order valence-corrected chi connectivity index (χ0v) is 10.5. The highest BCUT2D eigenvalue weighted by molar-refractivity contribution is 5.75. The first-order valence-corrected chi connectivity index (χ1v) is 6.70. The van der Waals surface area contributed by atoms with Crippen molar-refractivity contribution in [3.05, 3.63) is 29.8 Å². The largest absolute Gasteiger partial charge is 0.383 e. The van der Waals surface area contributed by atoms with Crippen LogP contribution in [-0.2, 0) is 6.42 Å². The number of hydrogen-bond acceptors (Lipinski definition) is 2. The molecule has 1 atom stereocenters. The van der Waals surface area contributed by atoms with Gasteiger partial charge in [-0.25, -0.2) is 4.79 Å². The van der Waals surface area contributed by atoms with E-state index in [4.69, 9.17) is 0 Å². The van der Waals surface area contributed by atoms with E-state index in [-0.39, 0.29) is 12.1 Å². The molecule has 1 saturated heterocycles. The summed E-state index contributed by atoms with van der Waals surface area (Å²) in [6.45, 7) is 2.63. The first-order chi connectivity index (χ1) is 8.83. The molecule has 0 radical (unpaired) electrons. The number of hydrogen-bond donors (Lipinski definition) is 2. The molecule has 1 fully saturated rings. The minimum absolute atomic E-state index is 0.0960. The van der Waals surface area contributed by atoms with E-state index in [0.29, 0.717) is 0 Å². The van der Waals surface area contributed by atoms with Crippen LogP contribution < -0.4 is 10.6 Å². The lowest BCUT2D eigenvalue weighted by molar-refractivity contribution is 0.205. The highest BCUT2D eigenvalue weighted by atomic mass is 16.2. The van der Waals surface area contributed by atoms with Crippen molar-refractivity contribution in [2.45, 2.75) is 25.3 Å². The number of benzene rings is 1. The van der Waals surface area contributed by atoms with Crippen molar-refractivity contribution in [1.82, 2.24) is 10.2 Å². The second kappa shape index (κ2) is 4.88. The molecule has 2 heterocycles. The molecule has 1 aromatic rings. The number of carbonyl (C=O) groups is 1. The first-order valence-electron chi connectivity index (χ1n) is 6.70. The van der Waals surface area contributed by atoms with Crippen molar-refractivity contribution in [1.29, 1.82) is 0 Å². The van der Waals surface area contributed by atoms with Crippen molar-refractivity contribution >= 4 is 11.7 Å². The molecular formula is C14H19N3O. The van der Waals surface area contributed by atoms with E-state index in [1.54, 1.807) is 0 Å². The third-order valence-corrected chi connectivity index (χ3v) is 3.74. The molecule has 1 aromatic carbocycles. The summed E-state index contributed by atoms with van der Waals surface area (Å²) in [7, 11) is 0. The second-order valence-electron chi connectivity index (χ2n) is 5.08. The van der Waals surface area contributed by atoms with Crippen LogP contribution in [0.25, 0.3) is 0 Å². The van der Waals surface area contributed by atoms with E-state index < -0.39 is 0 Å². The van der Waals surface area contributed by atoms with Crippen molar-refractivity contribution in [2.75, 3.05) is 25.0 Å². The van der Waals surface area contributed by atoms with Gasteiger partial charge >= 0.3 is 6.03 Å². The number of carbonyl (C=O) groups excluding carboxylic acids is 1. The standard InChI is InChI=1S/C14H19N3O/c18-14(17-7-3-4-8-17)16-12-9-11-5-1-2-6-13(11)15-10-12/h1-2,5-6,12,15H,3-4,7-10H2,(H,16,18). The monoisotopic (exact) mass is 245 g/mol. The Morgan fingerprint density at radius 1 is 1.28 bits per heavy atom. The maximum Gasteiger partial charge on any atom is 0.317 e. The summed E-state index contributed by atoms with van der Waals surface area (Å²) < 4.78 is 0. The molecule has 2 amide bonds. The average Bonchev–Trinajstić information content (AvgIpc) is 2.92. The van der Waals surface area contributed by atoms with Gasteiger partial charge in [-0.2, -0.15) is 0 Å². The van der Waals surface area contributed by atoms with Gasteiger partial charge in [-0.15, -0.1) is 0 Å². The molecule has 3 rings (SSSR count). The lowest BCUT2D eigenvalue weighted by Crippen LogP contribution is -2.48. The molecule has 4 nitrogen and oxygen atoms in total. The first kappa shape index (κ1) is 11.4. The minimum atomic E-state index is 0.0960. The molecule has 0 aliphatic carbocycles. The van der Waals surface area contributed by atoms with Gasteiger partial charge in [0.05, 0.1) is 6.04 Å². The average molecular weight is 245 g/mol. The van der Waals surface area contributed by atoms with Crippen LogP contribution in [0, 0.1) is 0 Å². The van der Waals surface area contributed by atoms with E-state index in [1.807, 2.05) is 17.0 Å². The minimum Gasteiger partial charge on any atom is -0.383 e. The molecule has 0 spiro atoms. The van der Waals surface area contributed by atoms with Gasteiger partial charge in [0, 0.05) is 25.3 Å². The maximum absolute atomic E-state index is 12.0. The zero-order valence-electron chi connectivity index (χ0n) is 10.5. The van der Waals surface area contributed by atoms with Gasteiger partial charge in [-0.05, 0) is 30.9 Å². The Bertz CT molecular complexity index is 440. The summed E-state index contributed by atoms with van der Waals surface area (Å²) in [6.07, 6.45) is 3.20. The molecule has 0 saturated carbocycles. The van der Waals surface area contributed by atoms with Gasteiger partial charge in [0.15, 0.2) is 0 Å². The molecule has 0 aromatic heterocycles. The molecular weight excluding hydrogens is 226 g/mol. The highest BCUT2D eigenvalue weighted by Crippen LogP contribution is 2.21. The van der Waals surface area contributed by atoms with Crippen LogP contribution in [0.1, 0.15) is 18.4 Å². The van der Waals surface area contributed by atoms with Crippen molar-refractivity contribution in [3.63, 3.8) is 0 Å². The van der Waals surface area contributed by atoms with Gasteiger partial charge in [0.25, 0.3) is 0 Å². The quantitative estimate of drug-likeness (QED) is 0.793. The van der Waals surface area contributed by atoms with Crippen molar-refractivity contribution in [2.24, 2.45) is 0 Å². The van der Waals surface area contributed by atoms with Crippen molar-refractivity contribution in [3.8, 4) is 0 Å². The van der Waals surface area contributed by atoms with Crippen molar-refractivity contribution < 1.29 is 4.79 Å². The third-order valence-electron chi connectivity index (χ3n) is 3.74. The number of nitrogens with one attached hydrogen (secondary N) is 2. The third kappa shape index (κ3) is 2.28. The van der Waals surface area contributed by atoms with Crippen LogP contribution in [0.3, 0.4) is 0 Å². The smallest absolute Gasteiger partial charge is 0.317 e. The van der Waals surface area contributed by atoms with E-state index in [9.17, 15) is 4.79 Å². The van der Waals surface area contributed by atoms with E-state index in [0.717, 1.165) is 38.9 Å². The Balaban J connectivity index is 1.60. The number of urea groups is 1. The second-order valence-corrected chi connectivity index (χ2v) is 5.08. The molecule has 2 aliphatic rings. The van der Waals surface area contributed by atoms with E-state index >= 15 is 0 Å². The van der Waals surface area contributed by atoms with Crippen LogP contribution in [0.2, 0.25) is 0 Å². The Labute approximate surface area is 107 Å². The predicted molar refractivity (Wildman–Crippen MR) is 71.8 cm³/mol. The maximum atomic E-state index is 12.0. The van der Waals surface area contributed by atoms with Crippen LogP contribution in [0.4, 0.5) is 10.5 Å². The molecule has 4 heteroatoms. The SMILES string of the molecule is O=C(NC1CNc2ccccc2C1)N1CCCC1. The molecule has 2 aliphatic heterocycles. The number of nitrogens with zero attached hydrogens (tertiary/aromatic N) is 1. The molecule has 0 bridgehead atoms. The number of amides is 2. The van der Waals surface area contributed by atoms with Crippen LogP contribution >= 0.6 is 0 Å². The highest BCUT2D eigenvalue weighted by Gasteiger charge is 2.23. The topological polar surface area (TPSA) is 44.4 Å². The molecule has 1 unspecified atom stereocenters. The summed E-state index contributed by atoms with van der Waals surface area (Å²) in [5.74, 6) is 0. The number of fused-ring (bicyclic) bond motifs is 1. The lowest BCUT2D eigenvalue weighted by atomic mass is 10.00. The predicted octanol–water partition coefficient (Wildman–Crippen LogP) is 1.83. The van der Waals surface area contributed by atoms with Gasteiger partial charge in [-0.1, -0.05) is 18.2 Å². The number of likely N-dealkylation sites (tertiary alicyclic amines) is 1. The Morgan fingerprint density at radius 3 is 2.89 bits per heavy atom. The lowest BCUT2D eigenvalue weighted by Gasteiger charge is -2.28. The Morgan fingerprint density at radius 2 is 2.06 bits per heavy atom. The summed E-state index contributed by atoms with van der Waals surface area (Å²) in [6, 6.07) is 8.59. The van der Waals surface area contributed by atoms with Crippen LogP contribution in [0.15, 0.2) is 24.3 Å². The summed E-state index contributed by atoms with van der Waals surface area (Å²) in [4.78, 5) is 13.9. The zero-order chi connectivity index (χ0) is 12.4. The van der Waals surface area contributed by atoms with E-state index in [2.05, 4.69) is 22.8 Å². The number of para-hydroxylation sites is 1. The fraction of sp³-hybridized carbons (Fsp3) is 0.500. The fourth-order valence-corrected chi connectivity index (χ4v) is 2.73. The van der Waals surface area contributed by atoms with Crippen LogP contribution in [-0.4, -0.2) is 36.6 Å². The summed E-state index contributed by atoms with van der Waals surface area (Å²) in [5.41, 5.74) is 2.49. The molecule has 96 valence electrons. The number of rotatable bonds is 1. The summed E-state index contributed by atoms with van der Waals surface area (Å²) >= 11 is 0. The molecule has 2 N–H and O–H groups in total. The summed E-state index contributed by atoms with van der Waals surface area (Å²) in [5, 5.41) is 6.50. The van der Waals surface area contributed by atoms with Gasteiger partial charge in [0.2, 0.25) is 0 Å².